The van der Waals surface area contributed by atoms with Crippen molar-refractivity contribution in [2.45, 2.75) is 31.4 Å². The predicted molar refractivity (Wildman–Crippen MR) is 117 cm³/mol. The number of H-pyrrole nitrogens is 1. The number of aryl methyl sites for hydroxylation is 1. The topological polar surface area (TPSA) is 91.9 Å². The van der Waals surface area contributed by atoms with Crippen molar-refractivity contribution in [2.75, 3.05) is 20.8 Å². The molecule has 2 heterocycles. The molecule has 7 nitrogen and oxygen atoms in total. The molecule has 0 saturated carbocycles. The number of amides is 1. The van der Waals surface area contributed by atoms with Crippen LogP contribution < -0.4 is 4.74 Å². The third-order valence-electron chi connectivity index (χ3n) is 5.98. The number of hydrogen-bond donors (Lipinski definition) is 2. The second-order valence-electron chi connectivity index (χ2n) is 7.75. The number of nitrogens with zero attached hydrogens (tertiary/aromatic N) is 1. The summed E-state index contributed by atoms with van der Waals surface area (Å²) in [6.45, 7) is 0.311. The van der Waals surface area contributed by atoms with Crippen LogP contribution in [0.2, 0.25) is 0 Å². The van der Waals surface area contributed by atoms with Crippen molar-refractivity contribution < 1.29 is 24.2 Å². The molecule has 0 bridgehead atoms. The molecule has 3 aromatic rings. The van der Waals surface area contributed by atoms with Gasteiger partial charge in [-0.25, -0.2) is 4.79 Å². The van der Waals surface area contributed by atoms with Gasteiger partial charge in [-0.2, -0.15) is 0 Å². The van der Waals surface area contributed by atoms with E-state index in [-0.39, 0.29) is 18.4 Å². The van der Waals surface area contributed by atoms with Gasteiger partial charge in [0.15, 0.2) is 0 Å². The molecule has 4 rings (SSSR count). The maximum absolute atomic E-state index is 13.0. The van der Waals surface area contributed by atoms with E-state index in [1.807, 2.05) is 48.5 Å². The average molecular weight is 422 g/mol. The van der Waals surface area contributed by atoms with Crippen molar-refractivity contribution in [1.82, 2.24) is 9.88 Å². The summed E-state index contributed by atoms with van der Waals surface area (Å²) in [6, 6.07) is 14.9. The molecule has 1 fully saturated rings. The molecular formula is C24H26N2O5. The molecule has 2 N–H and O–H groups in total. The summed E-state index contributed by atoms with van der Waals surface area (Å²) in [7, 11) is 3.18. The number of aromatic amines is 1. The molecule has 2 atom stereocenters. The Kier molecular flexibility index (Phi) is 5.95. The van der Waals surface area contributed by atoms with Crippen LogP contribution in [0.1, 0.15) is 18.4 Å². The molecule has 1 saturated heterocycles. The van der Waals surface area contributed by atoms with Gasteiger partial charge in [0.1, 0.15) is 11.8 Å². The molecular weight excluding hydrogens is 396 g/mol. The van der Waals surface area contributed by atoms with E-state index in [0.717, 1.165) is 33.5 Å². The second-order valence-corrected chi connectivity index (χ2v) is 7.75. The van der Waals surface area contributed by atoms with Crippen LogP contribution in [0.5, 0.6) is 5.75 Å². The molecule has 1 aliphatic rings. The second kappa shape index (κ2) is 8.81. The number of likely N-dealkylation sites (tertiary alicyclic amines) is 1. The number of carbonyl (C=O) groups is 2. The van der Waals surface area contributed by atoms with Gasteiger partial charge >= 0.3 is 5.97 Å². The number of fused-ring (bicyclic) bond motifs is 1. The largest absolute Gasteiger partial charge is 0.497 e. The quantitative estimate of drug-likeness (QED) is 0.608. The summed E-state index contributed by atoms with van der Waals surface area (Å²) in [6.07, 6.45) is 0.811. The Hall–Kier alpha value is -3.32. The fourth-order valence-corrected chi connectivity index (χ4v) is 4.32. The van der Waals surface area contributed by atoms with Crippen molar-refractivity contribution in [3.63, 3.8) is 0 Å². The zero-order valence-electron chi connectivity index (χ0n) is 17.6. The molecule has 1 aliphatic heterocycles. The highest BCUT2D eigenvalue weighted by Crippen LogP contribution is 2.32. The Morgan fingerprint density at radius 2 is 1.87 bits per heavy atom. The van der Waals surface area contributed by atoms with Crippen LogP contribution in [0.4, 0.5) is 0 Å². The number of carboxylic acids is 1. The molecule has 7 heteroatoms. The van der Waals surface area contributed by atoms with Crippen LogP contribution in [0.15, 0.2) is 48.5 Å². The van der Waals surface area contributed by atoms with Crippen molar-refractivity contribution >= 4 is 22.8 Å². The van der Waals surface area contributed by atoms with Crippen LogP contribution in [-0.2, 0) is 20.7 Å². The number of carboxylic acid groups (broad SMARTS) is 1. The number of para-hydroxylation sites is 1. The lowest BCUT2D eigenvalue weighted by Gasteiger charge is -2.21. The SMILES string of the molecule is COc1ccc(-c2[nH]c3ccccc3c2CCC(=O)N2CC(OC)CC2C(=O)O)cc1. The molecule has 0 spiro atoms. The average Bonchev–Trinajstić information content (AvgIpc) is 3.39. The van der Waals surface area contributed by atoms with Gasteiger partial charge in [-0.3, -0.25) is 4.79 Å². The van der Waals surface area contributed by atoms with Gasteiger partial charge < -0.3 is 24.5 Å². The number of aromatic nitrogens is 1. The third-order valence-corrected chi connectivity index (χ3v) is 5.98. The first kappa shape index (κ1) is 20.9. The summed E-state index contributed by atoms with van der Waals surface area (Å²) in [5.41, 5.74) is 4.01. The molecule has 162 valence electrons. The molecule has 0 radical (unpaired) electrons. The first-order chi connectivity index (χ1) is 15.0. The number of benzene rings is 2. The minimum Gasteiger partial charge on any atom is -0.497 e. The number of hydrogen-bond acceptors (Lipinski definition) is 4. The molecule has 1 aromatic heterocycles. The van der Waals surface area contributed by atoms with E-state index in [1.54, 1.807) is 14.2 Å². The minimum atomic E-state index is -0.987. The summed E-state index contributed by atoms with van der Waals surface area (Å²) < 4.78 is 10.6. The Morgan fingerprint density at radius 3 is 2.55 bits per heavy atom. The van der Waals surface area contributed by atoms with Crippen LogP contribution in [0.3, 0.4) is 0 Å². The fraction of sp³-hybridized carbons (Fsp3) is 0.333. The Bertz CT molecular complexity index is 1090. The monoisotopic (exact) mass is 422 g/mol. The smallest absolute Gasteiger partial charge is 0.326 e. The number of nitrogens with one attached hydrogen (secondary N) is 1. The predicted octanol–water partition coefficient (Wildman–Crippen LogP) is 3.48. The Labute approximate surface area is 180 Å². The van der Waals surface area contributed by atoms with Gasteiger partial charge in [-0.15, -0.1) is 0 Å². The van der Waals surface area contributed by atoms with Crippen LogP contribution in [0.25, 0.3) is 22.2 Å². The van der Waals surface area contributed by atoms with E-state index < -0.39 is 12.0 Å². The Morgan fingerprint density at radius 1 is 1.13 bits per heavy atom. The maximum atomic E-state index is 13.0. The van der Waals surface area contributed by atoms with Crippen molar-refractivity contribution in [2.24, 2.45) is 0 Å². The number of carbonyl (C=O) groups excluding carboxylic acids is 1. The molecule has 0 aliphatic carbocycles. The lowest BCUT2D eigenvalue weighted by molar-refractivity contribution is -0.148. The lowest BCUT2D eigenvalue weighted by Crippen LogP contribution is -2.40. The summed E-state index contributed by atoms with van der Waals surface area (Å²) in [5.74, 6) is -0.380. The summed E-state index contributed by atoms with van der Waals surface area (Å²) >= 11 is 0. The number of aliphatic carboxylic acids is 1. The Balaban J connectivity index is 1.60. The molecule has 31 heavy (non-hydrogen) atoms. The number of methoxy groups -OCH3 is 2. The summed E-state index contributed by atoms with van der Waals surface area (Å²) in [5, 5.41) is 10.6. The highest BCUT2D eigenvalue weighted by Gasteiger charge is 2.39. The van der Waals surface area contributed by atoms with Crippen molar-refractivity contribution in [3.05, 3.63) is 54.1 Å². The molecule has 1 amide bonds. The van der Waals surface area contributed by atoms with E-state index in [9.17, 15) is 14.7 Å². The van der Waals surface area contributed by atoms with Gasteiger partial charge in [-0.1, -0.05) is 18.2 Å². The molecule has 2 unspecified atom stereocenters. The van der Waals surface area contributed by atoms with Crippen molar-refractivity contribution in [3.8, 4) is 17.0 Å². The lowest BCUT2D eigenvalue weighted by atomic mass is 10.0. The zero-order chi connectivity index (χ0) is 22.0. The van der Waals surface area contributed by atoms with E-state index >= 15 is 0 Å². The fourth-order valence-electron chi connectivity index (χ4n) is 4.32. The summed E-state index contributed by atoms with van der Waals surface area (Å²) in [4.78, 5) is 29.5. The standard InChI is InChI=1S/C24H26N2O5/c1-30-16-9-7-15(8-10-16)23-19(18-5-3-4-6-20(18)25-23)11-12-22(27)26-14-17(31-2)13-21(26)24(28)29/h3-10,17,21,25H,11-14H2,1-2H3,(H,28,29). The van der Waals surface area contributed by atoms with Gasteiger partial charge in [0.25, 0.3) is 0 Å². The third kappa shape index (κ3) is 4.14. The van der Waals surface area contributed by atoms with Crippen LogP contribution >= 0.6 is 0 Å². The normalized spacial score (nSPS) is 18.5. The molecule has 2 aromatic carbocycles. The first-order valence-electron chi connectivity index (χ1n) is 10.3. The minimum absolute atomic E-state index is 0.169. The van der Waals surface area contributed by atoms with Crippen LogP contribution in [0, 0.1) is 0 Å². The van der Waals surface area contributed by atoms with Gasteiger partial charge in [0.2, 0.25) is 5.91 Å². The highest BCUT2D eigenvalue weighted by atomic mass is 16.5. The van der Waals surface area contributed by atoms with E-state index in [2.05, 4.69) is 4.98 Å². The number of rotatable bonds is 7. The van der Waals surface area contributed by atoms with Crippen LogP contribution in [-0.4, -0.2) is 59.8 Å². The van der Waals surface area contributed by atoms with Gasteiger partial charge in [0.05, 0.1) is 13.2 Å². The van der Waals surface area contributed by atoms with E-state index in [4.69, 9.17) is 9.47 Å². The van der Waals surface area contributed by atoms with Gasteiger partial charge in [-0.05, 0) is 47.9 Å². The first-order valence-corrected chi connectivity index (χ1v) is 10.3. The van der Waals surface area contributed by atoms with E-state index in [0.29, 0.717) is 19.4 Å². The maximum Gasteiger partial charge on any atom is 0.326 e. The highest BCUT2D eigenvalue weighted by molar-refractivity contribution is 5.92. The van der Waals surface area contributed by atoms with Crippen molar-refractivity contribution in [1.29, 1.82) is 0 Å². The zero-order valence-corrected chi connectivity index (χ0v) is 17.6. The van der Waals surface area contributed by atoms with E-state index in [1.165, 1.54) is 4.90 Å². The van der Waals surface area contributed by atoms with Gasteiger partial charge in [0, 0.05) is 43.1 Å². The number of ether oxygens (including phenoxy) is 2.